The molecular weight excluding hydrogens is 343 g/mol. The molecule has 5 rings (SSSR count). The highest BCUT2D eigenvalue weighted by Crippen LogP contribution is 2.51. The minimum atomic E-state index is -0.482. The van der Waals surface area contributed by atoms with Crippen LogP contribution in [0.15, 0.2) is 52.9 Å². The van der Waals surface area contributed by atoms with Crippen LogP contribution < -0.4 is 5.32 Å². The minimum absolute atomic E-state index is 0.160. The maximum absolute atomic E-state index is 13.2. The first-order valence-electron chi connectivity index (χ1n) is 9.80. The number of fused-ring (bicyclic) bond motifs is 2. The fourth-order valence-electron chi connectivity index (χ4n) is 5.13. The van der Waals surface area contributed by atoms with Crippen LogP contribution in [-0.2, 0) is 0 Å². The molecule has 1 aromatic rings. The molecule has 1 saturated heterocycles. The largest absolute Gasteiger partial charge is 0.620 e. The highest BCUT2D eigenvalue weighted by Gasteiger charge is 2.47. The van der Waals surface area contributed by atoms with Gasteiger partial charge in [-0.15, -0.1) is 0 Å². The molecule has 0 spiro atoms. The van der Waals surface area contributed by atoms with Crippen LogP contribution in [0.4, 0.5) is 4.39 Å². The van der Waals surface area contributed by atoms with Crippen molar-refractivity contribution in [3.63, 3.8) is 0 Å². The van der Waals surface area contributed by atoms with Gasteiger partial charge in [0.05, 0.1) is 6.20 Å². The van der Waals surface area contributed by atoms with Crippen molar-refractivity contribution < 1.29 is 9.04 Å². The number of hydroxylamine groups is 3. The zero-order valence-corrected chi connectivity index (χ0v) is 15.6. The van der Waals surface area contributed by atoms with Crippen molar-refractivity contribution in [3.8, 4) is 0 Å². The van der Waals surface area contributed by atoms with Crippen molar-refractivity contribution >= 4 is 5.96 Å². The number of quaternary nitrogens is 1. The van der Waals surface area contributed by atoms with Gasteiger partial charge in [0.15, 0.2) is 0 Å². The number of hydrogen-bond acceptors (Lipinski definition) is 4. The van der Waals surface area contributed by atoms with Crippen LogP contribution >= 0.6 is 0 Å². The number of nitrogens with one attached hydrogen (secondary N) is 1. The van der Waals surface area contributed by atoms with Crippen molar-refractivity contribution in [3.05, 3.63) is 64.5 Å². The Kier molecular flexibility index (Phi) is 3.96. The topological polar surface area (TPSA) is 50.7 Å². The van der Waals surface area contributed by atoms with Gasteiger partial charge in [0.2, 0.25) is 0 Å². The van der Waals surface area contributed by atoms with Crippen LogP contribution in [0.3, 0.4) is 0 Å². The lowest BCUT2D eigenvalue weighted by atomic mass is 9.64. The Morgan fingerprint density at radius 1 is 1.30 bits per heavy atom. The van der Waals surface area contributed by atoms with Crippen molar-refractivity contribution in [2.24, 2.45) is 16.8 Å². The van der Waals surface area contributed by atoms with Gasteiger partial charge in [-0.3, -0.25) is 9.96 Å². The molecule has 3 heterocycles. The van der Waals surface area contributed by atoms with E-state index < -0.39 is 4.65 Å². The molecule has 4 atom stereocenters. The van der Waals surface area contributed by atoms with Crippen LogP contribution in [0.1, 0.15) is 31.2 Å². The summed E-state index contributed by atoms with van der Waals surface area (Å²) >= 11 is 0. The Bertz CT molecular complexity index is 846. The normalized spacial score (nSPS) is 34.8. The highest BCUT2D eigenvalue weighted by molar-refractivity contribution is 5.79. The third-order valence-corrected chi connectivity index (χ3v) is 6.79. The fourth-order valence-corrected chi connectivity index (χ4v) is 5.13. The maximum Gasteiger partial charge on any atom is 0.311 e. The van der Waals surface area contributed by atoms with Crippen molar-refractivity contribution in [1.82, 2.24) is 10.2 Å². The van der Waals surface area contributed by atoms with E-state index in [9.17, 15) is 9.60 Å². The van der Waals surface area contributed by atoms with Gasteiger partial charge in [-0.1, -0.05) is 12.1 Å². The molecule has 142 valence electrons. The number of rotatable bonds is 4. The number of allylic oxidation sites excluding steroid dienone is 1. The predicted molar refractivity (Wildman–Crippen MR) is 103 cm³/mol. The molecule has 1 aromatic carbocycles. The maximum atomic E-state index is 13.2. The van der Waals surface area contributed by atoms with E-state index in [1.54, 1.807) is 24.5 Å². The lowest BCUT2D eigenvalue weighted by molar-refractivity contribution is -0.728. The molecule has 5 nitrogen and oxygen atoms in total. The van der Waals surface area contributed by atoms with E-state index in [2.05, 4.69) is 15.2 Å². The smallest absolute Gasteiger partial charge is 0.311 e. The van der Waals surface area contributed by atoms with E-state index in [0.29, 0.717) is 24.3 Å². The lowest BCUT2D eigenvalue weighted by Crippen LogP contribution is -2.53. The summed E-state index contributed by atoms with van der Waals surface area (Å²) in [4.78, 5) is 6.68. The van der Waals surface area contributed by atoms with Gasteiger partial charge in [0.1, 0.15) is 18.6 Å². The van der Waals surface area contributed by atoms with E-state index in [-0.39, 0.29) is 5.82 Å². The Morgan fingerprint density at radius 2 is 2.11 bits per heavy atom. The van der Waals surface area contributed by atoms with E-state index in [1.807, 2.05) is 19.1 Å². The molecule has 4 unspecified atom stereocenters. The molecule has 2 fully saturated rings. The Hall–Kier alpha value is -2.02. The van der Waals surface area contributed by atoms with Crippen molar-refractivity contribution in [2.45, 2.75) is 25.7 Å². The van der Waals surface area contributed by atoms with E-state index in [4.69, 9.17) is 0 Å². The summed E-state index contributed by atoms with van der Waals surface area (Å²) in [7, 11) is 0. The highest BCUT2D eigenvalue weighted by atomic mass is 19.1. The lowest BCUT2D eigenvalue weighted by Gasteiger charge is -2.40. The van der Waals surface area contributed by atoms with E-state index >= 15 is 0 Å². The zero-order valence-electron chi connectivity index (χ0n) is 15.6. The first-order chi connectivity index (χ1) is 13.0. The second kappa shape index (κ2) is 6.26. The number of halogens is 1. The predicted octanol–water partition coefficient (Wildman–Crippen LogP) is 3.28. The van der Waals surface area contributed by atoms with Crippen LogP contribution in [-0.4, -0.2) is 41.7 Å². The molecule has 27 heavy (non-hydrogen) atoms. The van der Waals surface area contributed by atoms with Gasteiger partial charge in [0.25, 0.3) is 0 Å². The Morgan fingerprint density at radius 3 is 2.93 bits per heavy atom. The third-order valence-electron chi connectivity index (χ3n) is 6.79. The van der Waals surface area contributed by atoms with E-state index in [1.165, 1.54) is 17.6 Å². The summed E-state index contributed by atoms with van der Waals surface area (Å²) in [5, 5.41) is 15.9. The quantitative estimate of drug-likeness (QED) is 0.655. The number of aliphatic imine (C=N–C) groups is 1. The molecule has 0 amide bonds. The fraction of sp³-hybridized carbons (Fsp3) is 0.476. The second-order valence-corrected chi connectivity index (χ2v) is 8.39. The molecule has 3 aliphatic heterocycles. The van der Waals surface area contributed by atoms with Crippen LogP contribution in [0, 0.1) is 22.9 Å². The average molecular weight is 368 g/mol. The SMILES string of the molecule is CC1=C(CCN2CC3CC(c4ccc(F)cc4)C3C2)C[N+]2([O-])C=CN=C2N1. The first kappa shape index (κ1) is 17.1. The molecule has 0 aromatic heterocycles. The Balaban J connectivity index is 1.19. The molecule has 4 aliphatic rings. The number of nitrogens with zero attached hydrogens (tertiary/aromatic N) is 3. The minimum Gasteiger partial charge on any atom is -0.620 e. The van der Waals surface area contributed by atoms with Crippen molar-refractivity contribution in [1.29, 1.82) is 0 Å². The summed E-state index contributed by atoms with van der Waals surface area (Å²) in [6.45, 7) is 5.75. The number of hydrogen-bond donors (Lipinski definition) is 1. The zero-order chi connectivity index (χ0) is 18.6. The molecule has 6 heteroatoms. The molecule has 1 saturated carbocycles. The van der Waals surface area contributed by atoms with Crippen LogP contribution in [0.5, 0.6) is 0 Å². The second-order valence-electron chi connectivity index (χ2n) is 8.39. The molecular formula is C21H25FN4O. The number of benzene rings is 1. The molecule has 0 bridgehead atoms. The number of likely N-dealkylation sites (tertiary alicyclic amines) is 1. The summed E-state index contributed by atoms with van der Waals surface area (Å²) in [6, 6.07) is 7.04. The van der Waals surface area contributed by atoms with Gasteiger partial charge < -0.3 is 10.1 Å². The summed E-state index contributed by atoms with van der Waals surface area (Å²) in [5.74, 6) is 2.35. The van der Waals surface area contributed by atoms with Crippen LogP contribution in [0.2, 0.25) is 0 Å². The number of guanidine groups is 1. The van der Waals surface area contributed by atoms with Gasteiger partial charge in [-0.2, -0.15) is 4.99 Å². The van der Waals surface area contributed by atoms with Gasteiger partial charge in [-0.05, 0) is 55.2 Å². The van der Waals surface area contributed by atoms with Gasteiger partial charge >= 0.3 is 5.96 Å². The van der Waals surface area contributed by atoms with Crippen LogP contribution in [0.25, 0.3) is 0 Å². The van der Waals surface area contributed by atoms with E-state index in [0.717, 1.165) is 37.7 Å². The molecule has 1 N–H and O–H groups in total. The average Bonchev–Trinajstić information content (AvgIpc) is 3.15. The van der Waals surface area contributed by atoms with Gasteiger partial charge in [-0.25, -0.2) is 4.39 Å². The summed E-state index contributed by atoms with van der Waals surface area (Å²) in [5.41, 5.74) is 3.55. The Labute approximate surface area is 159 Å². The third kappa shape index (κ3) is 2.92. The van der Waals surface area contributed by atoms with Crippen molar-refractivity contribution in [2.75, 3.05) is 26.2 Å². The standard InChI is InChI=1S/C21H25FN4O/c1-14-16(13-26(27)9-7-23-21(26)24-14)6-8-25-11-17-10-19(20(17)12-25)15-2-4-18(22)5-3-15/h2-5,7,9,17,19-20H,6,8,10-13H2,1H3,(H,23,24). The molecule has 1 aliphatic carbocycles. The first-order valence-corrected chi connectivity index (χ1v) is 9.80. The van der Waals surface area contributed by atoms with Gasteiger partial charge in [0, 0.05) is 30.9 Å². The summed E-state index contributed by atoms with van der Waals surface area (Å²) < 4.78 is 12.7. The monoisotopic (exact) mass is 368 g/mol. The molecule has 0 radical (unpaired) electrons. The summed E-state index contributed by atoms with van der Waals surface area (Å²) in [6.07, 6.45) is 5.33.